The van der Waals surface area contributed by atoms with E-state index < -0.39 is 0 Å². The van der Waals surface area contributed by atoms with Crippen LogP contribution in [0.15, 0.2) is 36.4 Å². The van der Waals surface area contributed by atoms with Gasteiger partial charge in [-0.15, -0.1) is 0 Å². The van der Waals surface area contributed by atoms with Crippen molar-refractivity contribution in [2.45, 2.75) is 26.8 Å². The lowest BCUT2D eigenvalue weighted by Gasteiger charge is -2.12. The molecule has 0 aliphatic carbocycles. The van der Waals surface area contributed by atoms with Crippen molar-refractivity contribution in [2.24, 2.45) is 0 Å². The number of benzene rings is 2. The molecule has 3 aromatic rings. The number of rotatable bonds is 5. The minimum Gasteiger partial charge on any atom is -0.348 e. The number of hydrogen-bond acceptors (Lipinski definition) is 3. The second kappa shape index (κ2) is 7.58. The number of nitrogens with one attached hydrogen (secondary N) is 3. The van der Waals surface area contributed by atoms with Gasteiger partial charge >= 0.3 is 0 Å². The lowest BCUT2D eigenvalue weighted by atomic mass is 10.1. The van der Waals surface area contributed by atoms with Gasteiger partial charge in [-0.1, -0.05) is 24.6 Å². The summed E-state index contributed by atoms with van der Waals surface area (Å²) >= 11 is 5.99. The quantitative estimate of drug-likeness (QED) is 0.638. The minimum absolute atomic E-state index is 0.179. The van der Waals surface area contributed by atoms with Crippen molar-refractivity contribution in [3.05, 3.63) is 58.4 Å². The molecule has 3 rings (SSSR count). The van der Waals surface area contributed by atoms with Crippen LogP contribution in [0.3, 0.4) is 0 Å². The Kier molecular flexibility index (Phi) is 5.23. The summed E-state index contributed by atoms with van der Waals surface area (Å²) in [6.45, 7) is 4.00. The van der Waals surface area contributed by atoms with Crippen LogP contribution in [-0.4, -0.2) is 21.8 Å². The normalized spacial score (nSPS) is 10.7. The molecular formula is C19H19ClN4O2. The predicted molar refractivity (Wildman–Crippen MR) is 102 cm³/mol. The Labute approximate surface area is 156 Å². The molecular weight excluding hydrogens is 352 g/mol. The van der Waals surface area contributed by atoms with Crippen molar-refractivity contribution in [3.8, 4) is 0 Å². The molecule has 0 atom stereocenters. The van der Waals surface area contributed by atoms with Gasteiger partial charge in [-0.3, -0.25) is 9.59 Å². The highest BCUT2D eigenvalue weighted by atomic mass is 35.5. The van der Waals surface area contributed by atoms with Crippen molar-refractivity contribution >= 4 is 40.1 Å². The highest BCUT2D eigenvalue weighted by Gasteiger charge is 2.14. The lowest BCUT2D eigenvalue weighted by Crippen LogP contribution is -2.24. The van der Waals surface area contributed by atoms with Crippen LogP contribution in [0.25, 0.3) is 11.0 Å². The number of anilines is 1. The number of aromatic amines is 1. The standard InChI is InChI=1S/C19H19ClN4O2/c1-3-18(25)24-16-9-13(20)5-6-14(16)19(26)21-10-12-4-7-15-17(8-12)23-11(2)22-15/h4-9H,3,10H2,1-2H3,(H,21,26)(H,22,23)(H,24,25). The van der Waals surface area contributed by atoms with E-state index >= 15 is 0 Å². The third-order valence-corrected chi connectivity index (χ3v) is 4.17. The lowest BCUT2D eigenvalue weighted by molar-refractivity contribution is -0.115. The first-order chi connectivity index (χ1) is 12.5. The van der Waals surface area contributed by atoms with Gasteiger partial charge in [0.05, 0.1) is 22.3 Å². The Balaban J connectivity index is 1.75. The molecule has 2 aromatic carbocycles. The number of halogens is 1. The van der Waals surface area contributed by atoms with Crippen molar-refractivity contribution in [1.29, 1.82) is 0 Å². The Hall–Kier alpha value is -2.86. The molecule has 1 heterocycles. The summed E-state index contributed by atoms with van der Waals surface area (Å²) in [6, 6.07) is 10.6. The number of aryl methyl sites for hydroxylation is 1. The molecule has 7 heteroatoms. The summed E-state index contributed by atoms with van der Waals surface area (Å²) in [5.74, 6) is 0.383. The number of nitrogens with zero attached hydrogens (tertiary/aromatic N) is 1. The summed E-state index contributed by atoms with van der Waals surface area (Å²) in [6.07, 6.45) is 0.317. The fraction of sp³-hybridized carbons (Fsp3) is 0.211. The molecule has 26 heavy (non-hydrogen) atoms. The monoisotopic (exact) mass is 370 g/mol. The fourth-order valence-electron chi connectivity index (χ4n) is 2.63. The van der Waals surface area contributed by atoms with E-state index in [1.807, 2.05) is 25.1 Å². The maximum absolute atomic E-state index is 12.6. The summed E-state index contributed by atoms with van der Waals surface area (Å²) in [4.78, 5) is 31.8. The van der Waals surface area contributed by atoms with Gasteiger partial charge in [-0.25, -0.2) is 4.98 Å². The van der Waals surface area contributed by atoms with Gasteiger partial charge in [0.15, 0.2) is 0 Å². The molecule has 0 aliphatic rings. The van der Waals surface area contributed by atoms with Gasteiger partial charge in [-0.2, -0.15) is 0 Å². The number of H-pyrrole nitrogens is 1. The van der Waals surface area contributed by atoms with Crippen LogP contribution in [0.4, 0.5) is 5.69 Å². The topological polar surface area (TPSA) is 86.9 Å². The summed E-state index contributed by atoms with van der Waals surface area (Å²) < 4.78 is 0. The van der Waals surface area contributed by atoms with E-state index in [-0.39, 0.29) is 11.8 Å². The van der Waals surface area contributed by atoms with Crippen molar-refractivity contribution in [3.63, 3.8) is 0 Å². The van der Waals surface area contributed by atoms with Crippen molar-refractivity contribution in [2.75, 3.05) is 5.32 Å². The second-order valence-corrected chi connectivity index (χ2v) is 6.38. The van der Waals surface area contributed by atoms with Crippen LogP contribution in [0.5, 0.6) is 0 Å². The van der Waals surface area contributed by atoms with Gasteiger partial charge in [-0.05, 0) is 42.8 Å². The van der Waals surface area contributed by atoms with E-state index in [0.717, 1.165) is 22.4 Å². The van der Waals surface area contributed by atoms with Crippen molar-refractivity contribution in [1.82, 2.24) is 15.3 Å². The van der Waals surface area contributed by atoms with E-state index in [0.29, 0.717) is 29.2 Å². The zero-order valence-electron chi connectivity index (χ0n) is 14.5. The molecule has 134 valence electrons. The van der Waals surface area contributed by atoms with Crippen LogP contribution < -0.4 is 10.6 Å². The molecule has 2 amide bonds. The Bertz CT molecular complexity index is 981. The minimum atomic E-state index is -0.283. The summed E-state index contributed by atoms with van der Waals surface area (Å²) in [5, 5.41) is 6.03. The number of amides is 2. The van der Waals surface area contributed by atoms with Crippen LogP contribution >= 0.6 is 11.6 Å². The van der Waals surface area contributed by atoms with E-state index in [2.05, 4.69) is 20.6 Å². The van der Waals surface area contributed by atoms with Gasteiger partial charge in [0.1, 0.15) is 5.82 Å². The summed E-state index contributed by atoms with van der Waals surface area (Å²) in [5.41, 5.74) is 3.54. The molecule has 0 bridgehead atoms. The second-order valence-electron chi connectivity index (χ2n) is 5.95. The maximum atomic E-state index is 12.6. The number of carbonyl (C=O) groups is 2. The molecule has 0 spiro atoms. The zero-order chi connectivity index (χ0) is 18.7. The molecule has 0 saturated carbocycles. The van der Waals surface area contributed by atoms with E-state index in [9.17, 15) is 9.59 Å². The van der Waals surface area contributed by atoms with Crippen LogP contribution in [0, 0.1) is 6.92 Å². The molecule has 0 radical (unpaired) electrons. The first kappa shape index (κ1) is 17.9. The molecule has 3 N–H and O–H groups in total. The smallest absolute Gasteiger partial charge is 0.253 e. The molecule has 6 nitrogen and oxygen atoms in total. The highest BCUT2D eigenvalue weighted by molar-refractivity contribution is 6.31. The zero-order valence-corrected chi connectivity index (χ0v) is 15.3. The predicted octanol–water partition coefficient (Wildman–Crippen LogP) is 3.80. The van der Waals surface area contributed by atoms with E-state index in [4.69, 9.17) is 11.6 Å². The highest BCUT2D eigenvalue weighted by Crippen LogP contribution is 2.22. The van der Waals surface area contributed by atoms with E-state index in [1.165, 1.54) is 0 Å². The van der Waals surface area contributed by atoms with Gasteiger partial charge in [0.25, 0.3) is 5.91 Å². The average molecular weight is 371 g/mol. The van der Waals surface area contributed by atoms with Crippen LogP contribution in [0.1, 0.15) is 35.1 Å². The molecule has 0 fully saturated rings. The number of fused-ring (bicyclic) bond motifs is 1. The number of aromatic nitrogens is 2. The maximum Gasteiger partial charge on any atom is 0.253 e. The molecule has 0 unspecified atom stereocenters. The average Bonchev–Trinajstić information content (AvgIpc) is 2.99. The summed E-state index contributed by atoms with van der Waals surface area (Å²) in [7, 11) is 0. The van der Waals surface area contributed by atoms with Gasteiger partial charge < -0.3 is 15.6 Å². The number of imidazole rings is 1. The van der Waals surface area contributed by atoms with E-state index in [1.54, 1.807) is 25.1 Å². The first-order valence-electron chi connectivity index (χ1n) is 8.29. The van der Waals surface area contributed by atoms with Crippen molar-refractivity contribution < 1.29 is 9.59 Å². The number of hydrogen-bond donors (Lipinski definition) is 3. The Morgan fingerprint density at radius 3 is 2.77 bits per heavy atom. The van der Waals surface area contributed by atoms with Crippen LogP contribution in [0.2, 0.25) is 5.02 Å². The Morgan fingerprint density at radius 2 is 2.00 bits per heavy atom. The van der Waals surface area contributed by atoms with Gasteiger partial charge in [0, 0.05) is 18.0 Å². The third kappa shape index (κ3) is 4.03. The fourth-order valence-corrected chi connectivity index (χ4v) is 2.80. The largest absolute Gasteiger partial charge is 0.348 e. The first-order valence-corrected chi connectivity index (χ1v) is 8.67. The molecule has 0 aliphatic heterocycles. The van der Waals surface area contributed by atoms with Crippen LogP contribution in [-0.2, 0) is 11.3 Å². The molecule has 1 aromatic heterocycles. The Morgan fingerprint density at radius 1 is 1.19 bits per heavy atom. The third-order valence-electron chi connectivity index (χ3n) is 3.94. The number of carbonyl (C=O) groups excluding carboxylic acids is 2. The molecule has 0 saturated heterocycles. The SMILES string of the molecule is CCC(=O)Nc1cc(Cl)ccc1C(=O)NCc1ccc2nc(C)[nH]c2c1. The van der Waals surface area contributed by atoms with Gasteiger partial charge in [0.2, 0.25) is 5.91 Å².